The lowest BCUT2D eigenvalue weighted by atomic mass is 10.0. The second-order valence-corrected chi connectivity index (χ2v) is 5.69. The zero-order valence-electron chi connectivity index (χ0n) is 9.71. The average molecular weight is 288 g/mol. The molecule has 1 aromatic heterocycles. The summed E-state index contributed by atoms with van der Waals surface area (Å²) >= 11 is 7.30. The van der Waals surface area contributed by atoms with Crippen molar-refractivity contribution in [3.8, 4) is 0 Å². The molecule has 0 spiro atoms. The molecule has 96 valence electrons. The first-order valence-electron chi connectivity index (χ1n) is 5.47. The van der Waals surface area contributed by atoms with Crippen molar-refractivity contribution in [2.45, 2.75) is 12.5 Å². The lowest BCUT2D eigenvalue weighted by Gasteiger charge is -2.16. The Hall–Kier alpha value is -0.970. The maximum absolute atomic E-state index is 13.7. The van der Waals surface area contributed by atoms with Crippen LogP contribution in [0.2, 0.25) is 4.34 Å². The number of hydrogen-bond donors (Lipinski definition) is 1. The number of likely N-dealkylation sites (N-methyl/N-ethyl adjacent to an activating group) is 1. The molecule has 0 bridgehead atoms. The van der Waals surface area contributed by atoms with Gasteiger partial charge in [-0.05, 0) is 25.2 Å². The molecule has 1 heterocycles. The number of benzene rings is 1. The number of thiophene rings is 1. The van der Waals surface area contributed by atoms with E-state index in [0.29, 0.717) is 16.3 Å². The Morgan fingerprint density at radius 3 is 2.67 bits per heavy atom. The molecule has 0 amide bonds. The van der Waals surface area contributed by atoms with Gasteiger partial charge in [0.1, 0.15) is 0 Å². The van der Waals surface area contributed by atoms with Gasteiger partial charge < -0.3 is 5.32 Å². The number of hydrogen-bond acceptors (Lipinski definition) is 2. The fraction of sp³-hybridized carbons (Fsp3) is 0.231. The molecule has 0 aliphatic carbocycles. The van der Waals surface area contributed by atoms with Crippen LogP contribution in [0.15, 0.2) is 30.3 Å². The van der Waals surface area contributed by atoms with Gasteiger partial charge in [-0.2, -0.15) is 0 Å². The molecular formula is C13H12ClF2NS. The van der Waals surface area contributed by atoms with Gasteiger partial charge in [0, 0.05) is 22.9 Å². The van der Waals surface area contributed by atoms with E-state index in [1.54, 1.807) is 19.2 Å². The molecular weight excluding hydrogens is 276 g/mol. The van der Waals surface area contributed by atoms with Crippen LogP contribution in [0.4, 0.5) is 8.78 Å². The maximum atomic E-state index is 13.7. The molecule has 5 heteroatoms. The predicted molar refractivity (Wildman–Crippen MR) is 71.2 cm³/mol. The summed E-state index contributed by atoms with van der Waals surface area (Å²) in [6.45, 7) is 0. The van der Waals surface area contributed by atoms with Crippen LogP contribution in [-0.2, 0) is 6.42 Å². The highest BCUT2D eigenvalue weighted by Gasteiger charge is 2.17. The first kappa shape index (κ1) is 13.5. The summed E-state index contributed by atoms with van der Waals surface area (Å²) in [6.07, 6.45) is 0.578. The summed E-state index contributed by atoms with van der Waals surface area (Å²) in [6, 6.07) is 7.66. The molecule has 1 atom stereocenters. The van der Waals surface area contributed by atoms with E-state index >= 15 is 0 Å². The highest BCUT2D eigenvalue weighted by molar-refractivity contribution is 7.16. The van der Waals surface area contributed by atoms with Crippen LogP contribution in [-0.4, -0.2) is 7.05 Å². The lowest BCUT2D eigenvalue weighted by Crippen LogP contribution is -2.20. The zero-order chi connectivity index (χ0) is 13.1. The molecule has 1 aromatic carbocycles. The SMILES string of the molecule is CNC(Cc1ccc(Cl)s1)c1cccc(F)c1F. The van der Waals surface area contributed by atoms with Gasteiger partial charge in [0.15, 0.2) is 11.6 Å². The van der Waals surface area contributed by atoms with E-state index in [-0.39, 0.29) is 6.04 Å². The van der Waals surface area contributed by atoms with E-state index in [1.165, 1.54) is 17.4 Å². The van der Waals surface area contributed by atoms with Gasteiger partial charge in [-0.15, -0.1) is 11.3 Å². The van der Waals surface area contributed by atoms with Crippen molar-refractivity contribution in [2.24, 2.45) is 0 Å². The molecule has 2 aromatic rings. The minimum atomic E-state index is -0.822. The third-order valence-electron chi connectivity index (χ3n) is 2.74. The monoisotopic (exact) mass is 287 g/mol. The smallest absolute Gasteiger partial charge is 0.163 e. The van der Waals surface area contributed by atoms with Gasteiger partial charge >= 0.3 is 0 Å². The van der Waals surface area contributed by atoms with Crippen LogP contribution >= 0.6 is 22.9 Å². The van der Waals surface area contributed by atoms with E-state index in [0.717, 1.165) is 10.9 Å². The highest BCUT2D eigenvalue weighted by atomic mass is 35.5. The average Bonchev–Trinajstić information content (AvgIpc) is 2.76. The summed E-state index contributed by atoms with van der Waals surface area (Å²) in [4.78, 5) is 1.03. The standard InChI is InChI=1S/C13H12ClF2NS/c1-17-11(7-8-5-6-12(14)18-8)9-3-2-4-10(15)13(9)16/h2-6,11,17H,7H2,1H3. The minimum absolute atomic E-state index is 0.268. The highest BCUT2D eigenvalue weighted by Crippen LogP contribution is 2.28. The molecule has 18 heavy (non-hydrogen) atoms. The van der Waals surface area contributed by atoms with Crippen LogP contribution in [0.5, 0.6) is 0 Å². The van der Waals surface area contributed by atoms with Crippen molar-refractivity contribution in [3.05, 3.63) is 56.7 Å². The Labute approximate surface area is 113 Å². The topological polar surface area (TPSA) is 12.0 Å². The van der Waals surface area contributed by atoms with Crippen molar-refractivity contribution in [1.82, 2.24) is 5.32 Å². The third kappa shape index (κ3) is 2.88. The predicted octanol–water partition coefficient (Wildman–Crippen LogP) is 4.18. The molecule has 0 radical (unpaired) electrons. The summed E-state index contributed by atoms with van der Waals surface area (Å²) in [5.74, 6) is -1.61. The van der Waals surface area contributed by atoms with Gasteiger partial charge in [-0.25, -0.2) is 8.78 Å². The minimum Gasteiger partial charge on any atom is -0.313 e. The summed E-state index contributed by atoms with van der Waals surface area (Å²) in [5.41, 5.74) is 0.335. The largest absolute Gasteiger partial charge is 0.313 e. The molecule has 1 nitrogen and oxygen atoms in total. The molecule has 1 unspecified atom stereocenters. The fourth-order valence-electron chi connectivity index (χ4n) is 1.82. The number of halogens is 3. The first-order chi connectivity index (χ1) is 8.61. The summed E-state index contributed by atoms with van der Waals surface area (Å²) in [7, 11) is 1.73. The summed E-state index contributed by atoms with van der Waals surface area (Å²) in [5, 5.41) is 3.00. The molecule has 2 rings (SSSR count). The van der Waals surface area contributed by atoms with Crippen LogP contribution in [0.3, 0.4) is 0 Å². The van der Waals surface area contributed by atoms with E-state index in [9.17, 15) is 8.78 Å². The quantitative estimate of drug-likeness (QED) is 0.889. The summed E-state index contributed by atoms with van der Waals surface area (Å²) < 4.78 is 27.6. The Bertz CT molecular complexity index is 542. The Balaban J connectivity index is 2.25. The maximum Gasteiger partial charge on any atom is 0.163 e. The Kier molecular flexibility index (Phi) is 4.32. The second kappa shape index (κ2) is 5.78. The molecule has 0 fully saturated rings. The van der Waals surface area contributed by atoms with Crippen molar-refractivity contribution in [3.63, 3.8) is 0 Å². The molecule has 0 saturated heterocycles. The van der Waals surface area contributed by atoms with Crippen LogP contribution in [0.1, 0.15) is 16.5 Å². The van der Waals surface area contributed by atoms with Crippen molar-refractivity contribution < 1.29 is 8.78 Å². The number of rotatable bonds is 4. The zero-order valence-corrected chi connectivity index (χ0v) is 11.3. The van der Waals surface area contributed by atoms with Gasteiger partial charge in [-0.1, -0.05) is 23.7 Å². The molecule has 0 aliphatic heterocycles. The van der Waals surface area contributed by atoms with Gasteiger partial charge in [0.05, 0.1) is 4.34 Å². The Morgan fingerprint density at radius 2 is 2.06 bits per heavy atom. The van der Waals surface area contributed by atoms with Gasteiger partial charge in [-0.3, -0.25) is 0 Å². The molecule has 0 saturated carbocycles. The van der Waals surface area contributed by atoms with E-state index in [4.69, 9.17) is 11.6 Å². The normalized spacial score (nSPS) is 12.7. The van der Waals surface area contributed by atoms with Crippen LogP contribution < -0.4 is 5.32 Å². The first-order valence-corrected chi connectivity index (χ1v) is 6.66. The Morgan fingerprint density at radius 1 is 1.28 bits per heavy atom. The van der Waals surface area contributed by atoms with Gasteiger partial charge in [0.25, 0.3) is 0 Å². The number of nitrogens with one attached hydrogen (secondary N) is 1. The third-order valence-corrected chi connectivity index (χ3v) is 3.99. The van der Waals surface area contributed by atoms with Crippen LogP contribution in [0, 0.1) is 11.6 Å². The van der Waals surface area contributed by atoms with E-state index < -0.39 is 11.6 Å². The second-order valence-electron chi connectivity index (χ2n) is 3.89. The van der Waals surface area contributed by atoms with E-state index in [2.05, 4.69) is 5.32 Å². The van der Waals surface area contributed by atoms with Crippen molar-refractivity contribution in [1.29, 1.82) is 0 Å². The van der Waals surface area contributed by atoms with Crippen LogP contribution in [0.25, 0.3) is 0 Å². The fourth-order valence-corrected chi connectivity index (χ4v) is 2.95. The van der Waals surface area contributed by atoms with Crippen molar-refractivity contribution in [2.75, 3.05) is 7.05 Å². The lowest BCUT2D eigenvalue weighted by molar-refractivity contribution is 0.474. The molecule has 1 N–H and O–H groups in total. The van der Waals surface area contributed by atoms with Gasteiger partial charge in [0.2, 0.25) is 0 Å². The van der Waals surface area contributed by atoms with E-state index in [1.807, 2.05) is 6.07 Å². The van der Waals surface area contributed by atoms with Crippen molar-refractivity contribution >= 4 is 22.9 Å². The molecule has 0 aliphatic rings.